The van der Waals surface area contributed by atoms with E-state index in [-0.39, 0.29) is 25.5 Å². The summed E-state index contributed by atoms with van der Waals surface area (Å²) in [5.74, 6) is 0.177. The Bertz CT molecular complexity index is 865. The van der Waals surface area contributed by atoms with E-state index in [1.807, 2.05) is 31.2 Å². The first kappa shape index (κ1) is 19.9. The van der Waals surface area contributed by atoms with E-state index in [0.29, 0.717) is 11.3 Å². The highest BCUT2D eigenvalue weighted by atomic mass is 32.2. The molecular weight excluding hydrogens is 352 g/mol. The molecular formula is C19H24N2O4S. The highest BCUT2D eigenvalue weighted by Crippen LogP contribution is 2.16. The minimum Gasteiger partial charge on any atom is -0.496 e. The molecule has 0 saturated heterocycles. The number of rotatable bonds is 8. The van der Waals surface area contributed by atoms with Crippen molar-refractivity contribution in [2.75, 3.05) is 26.5 Å². The van der Waals surface area contributed by atoms with E-state index in [2.05, 4.69) is 5.32 Å². The molecule has 6 nitrogen and oxygen atoms in total. The zero-order valence-electron chi connectivity index (χ0n) is 15.2. The molecule has 0 aliphatic carbocycles. The van der Waals surface area contributed by atoms with Crippen LogP contribution in [0.25, 0.3) is 0 Å². The van der Waals surface area contributed by atoms with Crippen molar-refractivity contribution >= 4 is 15.9 Å². The molecule has 26 heavy (non-hydrogen) atoms. The third kappa shape index (κ3) is 5.57. The second kappa shape index (κ2) is 8.82. The van der Waals surface area contributed by atoms with Crippen LogP contribution in [0, 0.1) is 6.92 Å². The maximum absolute atomic E-state index is 12.3. The van der Waals surface area contributed by atoms with Crippen LogP contribution >= 0.6 is 0 Å². The van der Waals surface area contributed by atoms with Gasteiger partial charge in [-0.25, -0.2) is 8.42 Å². The average molecular weight is 376 g/mol. The number of sulfonamides is 1. The Labute approximate surface area is 154 Å². The van der Waals surface area contributed by atoms with Crippen molar-refractivity contribution < 1.29 is 17.9 Å². The first-order chi connectivity index (χ1) is 12.3. The topological polar surface area (TPSA) is 75.7 Å². The van der Waals surface area contributed by atoms with Crippen LogP contribution in [0.3, 0.4) is 0 Å². The van der Waals surface area contributed by atoms with Crippen molar-refractivity contribution in [2.45, 2.75) is 13.5 Å². The maximum Gasteiger partial charge on any atom is 0.255 e. The van der Waals surface area contributed by atoms with Crippen LogP contribution in [-0.2, 0) is 16.6 Å². The zero-order valence-corrected chi connectivity index (χ0v) is 16.0. The number of amides is 1. The summed E-state index contributed by atoms with van der Waals surface area (Å²) < 4.78 is 30.6. The lowest BCUT2D eigenvalue weighted by molar-refractivity contribution is 0.0948. The number of carbonyl (C=O) groups is 1. The molecule has 1 amide bonds. The van der Waals surface area contributed by atoms with Gasteiger partial charge < -0.3 is 10.1 Å². The molecule has 0 unspecified atom stereocenters. The van der Waals surface area contributed by atoms with Gasteiger partial charge in [0.15, 0.2) is 0 Å². The van der Waals surface area contributed by atoms with Crippen LogP contribution in [0.2, 0.25) is 0 Å². The largest absolute Gasteiger partial charge is 0.496 e. The standard InChI is InChI=1S/C19H24N2O4S/c1-15-7-6-8-16(13-15)14-21(26(3,23)24)12-11-20-19(22)17-9-4-5-10-18(17)25-2/h4-10,13H,11-12,14H2,1-3H3,(H,20,22). The van der Waals surface area contributed by atoms with Gasteiger partial charge in [0.05, 0.1) is 18.9 Å². The molecule has 2 aromatic rings. The van der Waals surface area contributed by atoms with E-state index in [1.165, 1.54) is 17.7 Å². The fourth-order valence-electron chi connectivity index (χ4n) is 2.60. The summed E-state index contributed by atoms with van der Waals surface area (Å²) in [6.07, 6.45) is 1.17. The highest BCUT2D eigenvalue weighted by Gasteiger charge is 2.18. The van der Waals surface area contributed by atoms with E-state index >= 15 is 0 Å². The minimum atomic E-state index is -3.39. The predicted octanol–water partition coefficient (Wildman–Crippen LogP) is 2.20. The second-order valence-electron chi connectivity index (χ2n) is 6.04. The van der Waals surface area contributed by atoms with Crippen LogP contribution < -0.4 is 10.1 Å². The van der Waals surface area contributed by atoms with E-state index < -0.39 is 10.0 Å². The van der Waals surface area contributed by atoms with Crippen LogP contribution in [0.4, 0.5) is 0 Å². The van der Waals surface area contributed by atoms with E-state index in [1.54, 1.807) is 24.3 Å². The molecule has 0 saturated carbocycles. The molecule has 0 spiro atoms. The number of hydrogen-bond donors (Lipinski definition) is 1. The van der Waals surface area contributed by atoms with Crippen LogP contribution in [0.15, 0.2) is 48.5 Å². The monoisotopic (exact) mass is 376 g/mol. The summed E-state index contributed by atoms with van der Waals surface area (Å²) in [7, 11) is -1.89. The molecule has 2 rings (SSSR count). The molecule has 0 aliphatic heterocycles. The number of para-hydroxylation sites is 1. The number of carbonyl (C=O) groups excluding carboxylic acids is 1. The van der Waals surface area contributed by atoms with Crippen molar-refractivity contribution in [3.63, 3.8) is 0 Å². The summed E-state index contributed by atoms with van der Waals surface area (Å²) in [6, 6.07) is 14.6. The molecule has 0 fully saturated rings. The number of nitrogens with one attached hydrogen (secondary N) is 1. The molecule has 0 radical (unpaired) electrons. The molecule has 0 aromatic heterocycles. The Morgan fingerprint density at radius 3 is 2.54 bits per heavy atom. The lowest BCUT2D eigenvalue weighted by Gasteiger charge is -2.20. The Morgan fingerprint density at radius 2 is 1.88 bits per heavy atom. The lowest BCUT2D eigenvalue weighted by Crippen LogP contribution is -2.37. The quantitative estimate of drug-likeness (QED) is 0.766. The number of ether oxygens (including phenoxy) is 1. The Hall–Kier alpha value is -2.38. The number of benzene rings is 2. The first-order valence-corrected chi connectivity index (χ1v) is 10.1. The van der Waals surface area contributed by atoms with Crippen molar-refractivity contribution in [3.05, 3.63) is 65.2 Å². The summed E-state index contributed by atoms with van der Waals surface area (Å²) in [5, 5.41) is 2.75. The molecule has 7 heteroatoms. The first-order valence-electron chi connectivity index (χ1n) is 8.23. The predicted molar refractivity (Wildman–Crippen MR) is 102 cm³/mol. The normalized spacial score (nSPS) is 11.4. The summed E-state index contributed by atoms with van der Waals surface area (Å²) in [5.41, 5.74) is 2.39. The number of hydrogen-bond acceptors (Lipinski definition) is 4. The molecule has 0 heterocycles. The van der Waals surface area contributed by atoms with Gasteiger partial charge in [0.25, 0.3) is 5.91 Å². The zero-order chi connectivity index (χ0) is 19.2. The highest BCUT2D eigenvalue weighted by molar-refractivity contribution is 7.88. The van der Waals surface area contributed by atoms with E-state index in [9.17, 15) is 13.2 Å². The molecule has 1 N–H and O–H groups in total. The molecule has 0 bridgehead atoms. The van der Waals surface area contributed by atoms with Gasteiger partial charge in [0.2, 0.25) is 10.0 Å². The van der Waals surface area contributed by atoms with Gasteiger partial charge in [-0.3, -0.25) is 4.79 Å². The Morgan fingerprint density at radius 1 is 1.15 bits per heavy atom. The molecule has 2 aromatic carbocycles. The van der Waals surface area contributed by atoms with Gasteiger partial charge in [0.1, 0.15) is 5.75 Å². The fourth-order valence-corrected chi connectivity index (χ4v) is 3.40. The van der Waals surface area contributed by atoms with Gasteiger partial charge in [0, 0.05) is 19.6 Å². The number of nitrogens with zero attached hydrogens (tertiary/aromatic N) is 1. The van der Waals surface area contributed by atoms with Crippen LogP contribution in [0.5, 0.6) is 5.75 Å². The minimum absolute atomic E-state index is 0.188. The van der Waals surface area contributed by atoms with Crippen molar-refractivity contribution in [3.8, 4) is 5.75 Å². The van der Waals surface area contributed by atoms with Gasteiger partial charge in [-0.2, -0.15) is 4.31 Å². The fraction of sp³-hybridized carbons (Fsp3) is 0.316. The van der Waals surface area contributed by atoms with Crippen LogP contribution in [0.1, 0.15) is 21.5 Å². The smallest absolute Gasteiger partial charge is 0.255 e. The summed E-state index contributed by atoms with van der Waals surface area (Å²) in [6.45, 7) is 2.62. The average Bonchev–Trinajstić information content (AvgIpc) is 2.60. The van der Waals surface area contributed by atoms with Crippen LogP contribution in [-0.4, -0.2) is 45.1 Å². The lowest BCUT2D eigenvalue weighted by atomic mass is 10.1. The third-order valence-corrected chi connectivity index (χ3v) is 5.16. The summed E-state index contributed by atoms with van der Waals surface area (Å²) >= 11 is 0. The maximum atomic E-state index is 12.3. The number of aryl methyl sites for hydroxylation is 1. The van der Waals surface area contributed by atoms with Crippen molar-refractivity contribution in [2.24, 2.45) is 0 Å². The van der Waals surface area contributed by atoms with Gasteiger partial charge in [-0.05, 0) is 24.6 Å². The summed E-state index contributed by atoms with van der Waals surface area (Å²) in [4.78, 5) is 12.3. The number of methoxy groups -OCH3 is 1. The van der Waals surface area contributed by atoms with Crippen molar-refractivity contribution in [1.29, 1.82) is 0 Å². The Kier molecular flexibility index (Phi) is 6.76. The SMILES string of the molecule is COc1ccccc1C(=O)NCCN(Cc1cccc(C)c1)S(C)(=O)=O. The molecule has 0 atom stereocenters. The third-order valence-electron chi connectivity index (χ3n) is 3.91. The van der Waals surface area contributed by atoms with Gasteiger partial charge in [-0.15, -0.1) is 0 Å². The molecule has 140 valence electrons. The van der Waals surface area contributed by atoms with E-state index in [4.69, 9.17) is 4.74 Å². The van der Waals surface area contributed by atoms with Crippen molar-refractivity contribution in [1.82, 2.24) is 9.62 Å². The molecule has 0 aliphatic rings. The Balaban J connectivity index is 2.00. The second-order valence-corrected chi connectivity index (χ2v) is 8.02. The van der Waals surface area contributed by atoms with E-state index in [0.717, 1.165) is 11.1 Å². The van der Waals surface area contributed by atoms with Gasteiger partial charge in [-0.1, -0.05) is 42.0 Å². The van der Waals surface area contributed by atoms with Gasteiger partial charge >= 0.3 is 0 Å².